The number of nitrogens with one attached hydrogen (secondary N) is 2. The minimum absolute atomic E-state index is 0.0776. The molecule has 1 fully saturated rings. The van der Waals surface area contributed by atoms with Gasteiger partial charge in [-0.1, -0.05) is 12.8 Å². The van der Waals surface area contributed by atoms with Gasteiger partial charge in [0.15, 0.2) is 0 Å². The first-order valence-corrected chi connectivity index (χ1v) is 7.81. The monoisotopic (exact) mass is 260 g/mol. The summed E-state index contributed by atoms with van der Waals surface area (Å²) in [5.41, 5.74) is 0. The van der Waals surface area contributed by atoms with Gasteiger partial charge in [0.1, 0.15) is 6.04 Å². The van der Waals surface area contributed by atoms with Gasteiger partial charge in [-0.15, -0.1) is 0 Å². The second-order valence-corrected chi connectivity index (χ2v) is 5.27. The molecule has 2 N–H and O–H groups in total. The first-order chi connectivity index (χ1) is 8.34. The Morgan fingerprint density at radius 1 is 1.41 bits per heavy atom. The largest absolute Gasteiger partial charge is 0.378 e. The van der Waals surface area contributed by atoms with Crippen LogP contribution in [0.3, 0.4) is 0 Å². The summed E-state index contributed by atoms with van der Waals surface area (Å²) in [7, 11) is 0. The van der Waals surface area contributed by atoms with Gasteiger partial charge in [-0.2, -0.15) is 11.8 Å². The molecule has 17 heavy (non-hydrogen) atoms. The maximum absolute atomic E-state index is 11.7. The number of rotatable bonds is 8. The molecule has 1 unspecified atom stereocenters. The lowest BCUT2D eigenvalue weighted by molar-refractivity contribution is -0.125. The van der Waals surface area contributed by atoms with Gasteiger partial charge in [0.2, 0.25) is 5.91 Å². The van der Waals surface area contributed by atoms with E-state index >= 15 is 0 Å². The molecule has 0 aromatic carbocycles. The number of morpholine rings is 1. The predicted molar refractivity (Wildman–Crippen MR) is 72.5 cm³/mol. The van der Waals surface area contributed by atoms with E-state index in [1.165, 1.54) is 25.0 Å². The van der Waals surface area contributed by atoms with Crippen molar-refractivity contribution in [2.45, 2.75) is 31.7 Å². The van der Waals surface area contributed by atoms with Crippen LogP contribution in [-0.4, -0.2) is 50.3 Å². The summed E-state index contributed by atoms with van der Waals surface area (Å²) in [6.45, 7) is 2.77. The molecule has 0 spiro atoms. The zero-order chi connectivity index (χ0) is 12.3. The Morgan fingerprint density at radius 3 is 2.94 bits per heavy atom. The first-order valence-electron chi connectivity index (χ1n) is 6.42. The maximum atomic E-state index is 11.7. The third-order valence-electron chi connectivity index (χ3n) is 2.81. The molecule has 1 saturated heterocycles. The van der Waals surface area contributed by atoms with Crippen LogP contribution in [0, 0.1) is 0 Å². The average molecular weight is 260 g/mol. The van der Waals surface area contributed by atoms with Crippen molar-refractivity contribution in [3.05, 3.63) is 0 Å². The molecule has 1 heterocycles. The quantitative estimate of drug-likeness (QED) is 0.640. The van der Waals surface area contributed by atoms with Gasteiger partial charge in [0.05, 0.1) is 13.2 Å². The fourth-order valence-corrected chi connectivity index (χ4v) is 2.29. The van der Waals surface area contributed by atoms with Crippen LogP contribution >= 0.6 is 11.8 Å². The van der Waals surface area contributed by atoms with Crippen LogP contribution in [0.1, 0.15) is 25.7 Å². The highest BCUT2D eigenvalue weighted by molar-refractivity contribution is 7.98. The topological polar surface area (TPSA) is 50.4 Å². The number of thioether (sulfide) groups is 1. The van der Waals surface area contributed by atoms with Gasteiger partial charge in [0.25, 0.3) is 0 Å². The molecule has 5 heteroatoms. The van der Waals surface area contributed by atoms with Gasteiger partial charge in [0, 0.05) is 13.1 Å². The number of ether oxygens (including phenoxy) is 1. The van der Waals surface area contributed by atoms with Crippen molar-refractivity contribution in [3.8, 4) is 0 Å². The maximum Gasteiger partial charge on any atom is 0.239 e. The fraction of sp³-hybridized carbons (Fsp3) is 0.917. The van der Waals surface area contributed by atoms with Crippen molar-refractivity contribution < 1.29 is 9.53 Å². The van der Waals surface area contributed by atoms with E-state index in [2.05, 4.69) is 16.9 Å². The predicted octanol–water partition coefficient (Wildman–Crippen LogP) is 1.01. The van der Waals surface area contributed by atoms with Crippen LogP contribution in [0.4, 0.5) is 0 Å². The summed E-state index contributed by atoms with van der Waals surface area (Å²) in [6.07, 6.45) is 6.97. The van der Waals surface area contributed by atoms with Crippen molar-refractivity contribution >= 4 is 17.7 Å². The minimum atomic E-state index is -0.153. The molecule has 4 nitrogen and oxygen atoms in total. The zero-order valence-electron chi connectivity index (χ0n) is 10.7. The Morgan fingerprint density at radius 2 is 2.24 bits per heavy atom. The molecule has 0 aliphatic carbocycles. The van der Waals surface area contributed by atoms with E-state index in [4.69, 9.17) is 4.74 Å². The Kier molecular flexibility index (Phi) is 8.48. The van der Waals surface area contributed by atoms with Crippen LogP contribution in [0.25, 0.3) is 0 Å². The molecular formula is C12H24N2O2S. The molecule has 1 aliphatic rings. The molecule has 1 aliphatic heterocycles. The van der Waals surface area contributed by atoms with Crippen LogP contribution in [0.2, 0.25) is 0 Å². The average Bonchev–Trinajstić information content (AvgIpc) is 2.38. The van der Waals surface area contributed by atoms with Gasteiger partial charge >= 0.3 is 0 Å². The summed E-state index contributed by atoms with van der Waals surface area (Å²) >= 11 is 1.90. The number of carbonyl (C=O) groups excluding carboxylic acids is 1. The lowest BCUT2D eigenvalue weighted by Crippen LogP contribution is -2.51. The Balaban J connectivity index is 1.92. The number of hydrogen-bond donors (Lipinski definition) is 2. The molecule has 0 radical (unpaired) electrons. The van der Waals surface area contributed by atoms with Crippen LogP contribution in [0.5, 0.6) is 0 Å². The summed E-state index contributed by atoms with van der Waals surface area (Å²) in [5.74, 6) is 1.32. The SMILES string of the molecule is CSCCCCCCNC(=O)C1COCCN1. The van der Waals surface area contributed by atoms with E-state index in [0.29, 0.717) is 13.2 Å². The second-order valence-electron chi connectivity index (χ2n) is 4.28. The van der Waals surface area contributed by atoms with Crippen molar-refractivity contribution in [2.75, 3.05) is 38.3 Å². The molecule has 1 atom stereocenters. The molecule has 0 aromatic heterocycles. The van der Waals surface area contributed by atoms with Crippen molar-refractivity contribution in [2.24, 2.45) is 0 Å². The summed E-state index contributed by atoms with van der Waals surface area (Å²) in [5, 5.41) is 6.10. The van der Waals surface area contributed by atoms with Crippen LogP contribution in [0.15, 0.2) is 0 Å². The highest BCUT2D eigenvalue weighted by Crippen LogP contribution is 2.04. The summed E-state index contributed by atoms with van der Waals surface area (Å²) < 4.78 is 5.25. The standard InChI is InChI=1S/C12H24N2O2S/c1-17-9-5-3-2-4-6-14-12(15)11-10-16-8-7-13-11/h11,13H,2-10H2,1H3,(H,14,15). The second kappa shape index (κ2) is 9.74. The highest BCUT2D eigenvalue weighted by atomic mass is 32.2. The molecule has 0 saturated carbocycles. The van der Waals surface area contributed by atoms with E-state index in [1.807, 2.05) is 11.8 Å². The first kappa shape index (κ1) is 14.8. The molecular weight excluding hydrogens is 236 g/mol. The molecule has 0 aromatic rings. The number of unbranched alkanes of at least 4 members (excludes halogenated alkanes) is 3. The van der Waals surface area contributed by atoms with E-state index < -0.39 is 0 Å². The third-order valence-corrected chi connectivity index (χ3v) is 3.51. The Labute approximate surface area is 108 Å². The van der Waals surface area contributed by atoms with Crippen LogP contribution in [-0.2, 0) is 9.53 Å². The lowest BCUT2D eigenvalue weighted by atomic mass is 10.2. The minimum Gasteiger partial charge on any atom is -0.378 e. The summed E-state index contributed by atoms with van der Waals surface area (Å²) in [6, 6.07) is -0.153. The Bertz CT molecular complexity index is 209. The number of amides is 1. The molecule has 1 amide bonds. The highest BCUT2D eigenvalue weighted by Gasteiger charge is 2.20. The Hall–Kier alpha value is -0.260. The van der Waals surface area contributed by atoms with Gasteiger partial charge in [-0.05, 0) is 24.9 Å². The summed E-state index contributed by atoms with van der Waals surface area (Å²) in [4.78, 5) is 11.7. The molecule has 0 bridgehead atoms. The lowest BCUT2D eigenvalue weighted by Gasteiger charge is -2.22. The molecule has 1 rings (SSSR count). The number of hydrogen-bond acceptors (Lipinski definition) is 4. The van der Waals surface area contributed by atoms with E-state index in [0.717, 1.165) is 19.5 Å². The number of carbonyl (C=O) groups is 1. The van der Waals surface area contributed by atoms with Crippen molar-refractivity contribution in [1.29, 1.82) is 0 Å². The van der Waals surface area contributed by atoms with Gasteiger partial charge in [-0.25, -0.2) is 0 Å². The normalized spacial score (nSPS) is 20.2. The smallest absolute Gasteiger partial charge is 0.239 e. The van der Waals surface area contributed by atoms with E-state index in [9.17, 15) is 4.79 Å². The van der Waals surface area contributed by atoms with Crippen molar-refractivity contribution in [1.82, 2.24) is 10.6 Å². The van der Waals surface area contributed by atoms with Gasteiger partial charge < -0.3 is 15.4 Å². The van der Waals surface area contributed by atoms with E-state index in [1.54, 1.807) is 0 Å². The molecule has 100 valence electrons. The van der Waals surface area contributed by atoms with Gasteiger partial charge in [-0.3, -0.25) is 4.79 Å². The van der Waals surface area contributed by atoms with Crippen molar-refractivity contribution in [3.63, 3.8) is 0 Å². The third kappa shape index (κ3) is 6.91. The van der Waals surface area contributed by atoms with Crippen LogP contribution < -0.4 is 10.6 Å². The van der Waals surface area contributed by atoms with E-state index in [-0.39, 0.29) is 11.9 Å². The zero-order valence-corrected chi connectivity index (χ0v) is 11.5. The fourth-order valence-electron chi connectivity index (χ4n) is 1.79.